The quantitative estimate of drug-likeness (QED) is 0.770. The van der Waals surface area contributed by atoms with Gasteiger partial charge in [-0.25, -0.2) is 8.78 Å². The van der Waals surface area contributed by atoms with Gasteiger partial charge in [0.05, 0.1) is 6.10 Å². The van der Waals surface area contributed by atoms with Crippen LogP contribution in [0, 0.1) is 0 Å². The predicted octanol–water partition coefficient (Wildman–Crippen LogP) is 2.32. The lowest BCUT2D eigenvalue weighted by Crippen LogP contribution is -2.38. The number of nitrogens with two attached hydrogens (primary N) is 1. The zero-order valence-electron chi connectivity index (χ0n) is 8.42. The Labute approximate surface area is 83.8 Å². The summed E-state index contributed by atoms with van der Waals surface area (Å²) in [6.45, 7) is -0.474. The lowest BCUT2D eigenvalue weighted by Gasteiger charge is -2.26. The SMILES string of the molecule is NC1CCCCCCC1OCC(F)F. The minimum Gasteiger partial charge on any atom is -0.371 e. The van der Waals surface area contributed by atoms with Crippen LogP contribution in [-0.2, 0) is 4.74 Å². The Hall–Kier alpha value is -0.220. The highest BCUT2D eigenvalue weighted by atomic mass is 19.3. The van der Waals surface area contributed by atoms with Crippen LogP contribution in [0.5, 0.6) is 0 Å². The Morgan fingerprint density at radius 1 is 1.14 bits per heavy atom. The highest BCUT2D eigenvalue weighted by molar-refractivity contribution is 4.76. The molecule has 2 N–H and O–H groups in total. The van der Waals surface area contributed by atoms with Gasteiger partial charge < -0.3 is 10.5 Å². The maximum Gasteiger partial charge on any atom is 0.261 e. The smallest absolute Gasteiger partial charge is 0.261 e. The zero-order valence-corrected chi connectivity index (χ0v) is 8.42. The first-order valence-corrected chi connectivity index (χ1v) is 5.35. The number of ether oxygens (including phenoxy) is 1. The first kappa shape index (κ1) is 11.9. The van der Waals surface area contributed by atoms with Gasteiger partial charge in [0.1, 0.15) is 6.61 Å². The van der Waals surface area contributed by atoms with E-state index in [1.54, 1.807) is 0 Å². The fourth-order valence-corrected chi connectivity index (χ4v) is 1.88. The van der Waals surface area contributed by atoms with Crippen LogP contribution in [0.4, 0.5) is 8.78 Å². The summed E-state index contributed by atoms with van der Waals surface area (Å²) in [6, 6.07) is -0.0611. The number of hydrogen-bond donors (Lipinski definition) is 1. The van der Waals surface area contributed by atoms with Crippen LogP contribution < -0.4 is 5.73 Å². The van der Waals surface area contributed by atoms with Gasteiger partial charge in [0.15, 0.2) is 0 Å². The Morgan fingerprint density at radius 2 is 1.79 bits per heavy atom. The number of rotatable bonds is 3. The molecule has 2 unspecified atom stereocenters. The average Bonchev–Trinajstić information content (AvgIpc) is 2.10. The van der Waals surface area contributed by atoms with E-state index in [-0.39, 0.29) is 12.1 Å². The molecular weight excluding hydrogens is 188 g/mol. The van der Waals surface area contributed by atoms with E-state index in [0.717, 1.165) is 25.7 Å². The summed E-state index contributed by atoms with van der Waals surface area (Å²) >= 11 is 0. The van der Waals surface area contributed by atoms with Crippen LogP contribution in [0.3, 0.4) is 0 Å². The van der Waals surface area contributed by atoms with Crippen molar-refractivity contribution in [2.75, 3.05) is 6.61 Å². The van der Waals surface area contributed by atoms with Crippen molar-refractivity contribution in [2.24, 2.45) is 5.73 Å². The first-order valence-electron chi connectivity index (χ1n) is 5.35. The fourth-order valence-electron chi connectivity index (χ4n) is 1.88. The highest BCUT2D eigenvalue weighted by Crippen LogP contribution is 2.19. The highest BCUT2D eigenvalue weighted by Gasteiger charge is 2.21. The predicted molar refractivity (Wildman–Crippen MR) is 51.4 cm³/mol. The van der Waals surface area contributed by atoms with E-state index in [4.69, 9.17) is 10.5 Å². The van der Waals surface area contributed by atoms with Crippen molar-refractivity contribution in [3.05, 3.63) is 0 Å². The molecule has 1 aliphatic rings. The van der Waals surface area contributed by atoms with Crippen LogP contribution >= 0.6 is 0 Å². The van der Waals surface area contributed by atoms with Gasteiger partial charge in [0.25, 0.3) is 6.43 Å². The molecule has 2 nitrogen and oxygen atoms in total. The number of alkyl halides is 2. The molecule has 1 saturated carbocycles. The second-order valence-corrected chi connectivity index (χ2v) is 3.92. The van der Waals surface area contributed by atoms with Crippen molar-refractivity contribution in [1.82, 2.24) is 0 Å². The molecule has 0 aromatic rings. The van der Waals surface area contributed by atoms with Crippen molar-refractivity contribution in [3.63, 3.8) is 0 Å². The molecule has 2 atom stereocenters. The molecule has 4 heteroatoms. The van der Waals surface area contributed by atoms with E-state index in [0.29, 0.717) is 0 Å². The number of hydrogen-bond acceptors (Lipinski definition) is 2. The third kappa shape index (κ3) is 4.33. The van der Waals surface area contributed by atoms with Crippen LogP contribution in [0.25, 0.3) is 0 Å². The van der Waals surface area contributed by atoms with E-state index in [2.05, 4.69) is 0 Å². The summed E-state index contributed by atoms with van der Waals surface area (Å²) < 4.78 is 29.0. The molecule has 0 heterocycles. The molecule has 0 bridgehead atoms. The standard InChI is InChI=1S/C10H19F2NO/c11-10(12)7-14-9-6-4-2-1-3-5-8(9)13/h8-10H,1-7,13H2. The fraction of sp³-hybridized carbons (Fsp3) is 1.00. The lowest BCUT2D eigenvalue weighted by atomic mass is 9.95. The summed E-state index contributed by atoms with van der Waals surface area (Å²) in [5.74, 6) is 0. The average molecular weight is 207 g/mol. The summed E-state index contributed by atoms with van der Waals surface area (Å²) in [4.78, 5) is 0. The van der Waals surface area contributed by atoms with Crippen molar-refractivity contribution < 1.29 is 13.5 Å². The van der Waals surface area contributed by atoms with Crippen LogP contribution in [-0.4, -0.2) is 25.2 Å². The van der Waals surface area contributed by atoms with Gasteiger partial charge in [-0.05, 0) is 12.8 Å². The van der Waals surface area contributed by atoms with Gasteiger partial charge in [0.2, 0.25) is 0 Å². The molecule has 1 fully saturated rings. The lowest BCUT2D eigenvalue weighted by molar-refractivity contribution is -0.0395. The molecule has 0 amide bonds. The molecule has 84 valence electrons. The number of halogens is 2. The van der Waals surface area contributed by atoms with Crippen molar-refractivity contribution in [2.45, 2.75) is 57.1 Å². The third-order valence-electron chi connectivity index (χ3n) is 2.69. The van der Waals surface area contributed by atoms with Gasteiger partial charge in [-0.3, -0.25) is 0 Å². The molecule has 0 aromatic carbocycles. The van der Waals surface area contributed by atoms with Gasteiger partial charge in [-0.1, -0.05) is 25.7 Å². The molecule has 14 heavy (non-hydrogen) atoms. The Balaban J connectivity index is 2.29. The van der Waals surface area contributed by atoms with E-state index in [1.807, 2.05) is 0 Å². The van der Waals surface area contributed by atoms with Gasteiger partial charge >= 0.3 is 0 Å². The molecule has 0 saturated heterocycles. The second kappa shape index (κ2) is 6.30. The Morgan fingerprint density at radius 3 is 2.43 bits per heavy atom. The first-order chi connectivity index (χ1) is 6.70. The normalized spacial score (nSPS) is 30.0. The van der Waals surface area contributed by atoms with Crippen LogP contribution in [0.2, 0.25) is 0 Å². The molecule has 0 aromatic heterocycles. The maximum absolute atomic E-state index is 11.9. The largest absolute Gasteiger partial charge is 0.371 e. The minimum absolute atomic E-state index is 0.0611. The van der Waals surface area contributed by atoms with Gasteiger partial charge in [0, 0.05) is 6.04 Å². The molecule has 0 spiro atoms. The molecule has 1 aliphatic carbocycles. The Kier molecular flexibility index (Phi) is 5.33. The molecule has 0 aliphatic heterocycles. The van der Waals surface area contributed by atoms with E-state index in [9.17, 15) is 8.78 Å². The summed E-state index contributed by atoms with van der Waals surface area (Å²) in [5, 5.41) is 0. The minimum atomic E-state index is -2.38. The molecular formula is C10H19F2NO. The van der Waals surface area contributed by atoms with Crippen molar-refractivity contribution in [1.29, 1.82) is 0 Å². The topological polar surface area (TPSA) is 35.2 Å². The van der Waals surface area contributed by atoms with E-state index in [1.165, 1.54) is 12.8 Å². The monoisotopic (exact) mass is 207 g/mol. The van der Waals surface area contributed by atoms with E-state index < -0.39 is 13.0 Å². The van der Waals surface area contributed by atoms with Crippen LogP contribution in [0.1, 0.15) is 38.5 Å². The van der Waals surface area contributed by atoms with E-state index >= 15 is 0 Å². The zero-order chi connectivity index (χ0) is 10.4. The summed E-state index contributed by atoms with van der Waals surface area (Å²) in [6.07, 6.45) is 3.69. The summed E-state index contributed by atoms with van der Waals surface area (Å²) in [5.41, 5.74) is 5.86. The molecule has 0 radical (unpaired) electrons. The molecule has 1 rings (SSSR count). The van der Waals surface area contributed by atoms with Crippen molar-refractivity contribution in [3.8, 4) is 0 Å². The second-order valence-electron chi connectivity index (χ2n) is 3.92. The van der Waals surface area contributed by atoms with Gasteiger partial charge in [-0.15, -0.1) is 0 Å². The Bertz CT molecular complexity index is 155. The third-order valence-corrected chi connectivity index (χ3v) is 2.69. The van der Waals surface area contributed by atoms with Crippen molar-refractivity contribution >= 4 is 0 Å². The van der Waals surface area contributed by atoms with Gasteiger partial charge in [-0.2, -0.15) is 0 Å². The van der Waals surface area contributed by atoms with Crippen LogP contribution in [0.15, 0.2) is 0 Å². The maximum atomic E-state index is 11.9. The summed E-state index contributed by atoms with van der Waals surface area (Å²) in [7, 11) is 0.